The molecule has 3 heteroatoms. The zero-order valence-electron chi connectivity index (χ0n) is 9.17. The molecule has 0 aliphatic carbocycles. The molecule has 0 unspecified atom stereocenters. The van der Waals surface area contributed by atoms with Crippen LogP contribution in [-0.2, 0) is 16.6 Å². The molecular formula is C13H15ClO2. The van der Waals surface area contributed by atoms with Gasteiger partial charge >= 0.3 is 0 Å². The molecule has 1 fully saturated rings. The highest BCUT2D eigenvalue weighted by Crippen LogP contribution is 2.38. The predicted molar refractivity (Wildman–Crippen MR) is 63.5 cm³/mol. The molecular weight excluding hydrogens is 224 g/mol. The van der Waals surface area contributed by atoms with Gasteiger partial charge in [0.2, 0.25) is 0 Å². The third kappa shape index (κ3) is 1.52. The summed E-state index contributed by atoms with van der Waals surface area (Å²) >= 11 is 5.89. The standard InChI is InChI=1S/C13H15ClO2/c14-5-4-13(8-15-9-13)11-1-2-12-10(7-11)3-6-16-12/h1-2,7H,3-6,8-9H2. The first-order valence-corrected chi connectivity index (χ1v) is 6.27. The Morgan fingerprint density at radius 1 is 1.31 bits per heavy atom. The van der Waals surface area contributed by atoms with Gasteiger partial charge in [0.15, 0.2) is 0 Å². The Balaban J connectivity index is 1.93. The molecule has 2 heterocycles. The molecule has 1 aromatic rings. The molecule has 0 aromatic heterocycles. The summed E-state index contributed by atoms with van der Waals surface area (Å²) in [4.78, 5) is 0. The summed E-state index contributed by atoms with van der Waals surface area (Å²) in [5, 5.41) is 0. The molecule has 86 valence electrons. The van der Waals surface area contributed by atoms with Crippen molar-refractivity contribution in [3.05, 3.63) is 29.3 Å². The minimum absolute atomic E-state index is 0.166. The lowest BCUT2D eigenvalue weighted by Gasteiger charge is -2.42. The number of hydrogen-bond donors (Lipinski definition) is 0. The molecule has 0 amide bonds. The fourth-order valence-corrected chi connectivity index (χ4v) is 2.86. The van der Waals surface area contributed by atoms with Gasteiger partial charge in [-0.1, -0.05) is 12.1 Å². The summed E-state index contributed by atoms with van der Waals surface area (Å²) in [5.41, 5.74) is 2.86. The van der Waals surface area contributed by atoms with Crippen LogP contribution < -0.4 is 4.74 Å². The number of fused-ring (bicyclic) bond motifs is 1. The van der Waals surface area contributed by atoms with Crippen LogP contribution in [0.1, 0.15) is 17.5 Å². The second kappa shape index (κ2) is 3.94. The highest BCUT2D eigenvalue weighted by Gasteiger charge is 2.40. The van der Waals surface area contributed by atoms with Crippen molar-refractivity contribution in [3.8, 4) is 5.75 Å². The average Bonchev–Trinajstić information content (AvgIpc) is 2.70. The van der Waals surface area contributed by atoms with E-state index in [-0.39, 0.29) is 5.41 Å². The van der Waals surface area contributed by atoms with Gasteiger partial charge in [0.05, 0.1) is 19.8 Å². The predicted octanol–water partition coefficient (Wildman–Crippen LogP) is 2.52. The Labute approximate surface area is 101 Å². The van der Waals surface area contributed by atoms with Crippen LogP contribution in [0.4, 0.5) is 0 Å². The summed E-state index contributed by atoms with van der Waals surface area (Å²) < 4.78 is 10.9. The van der Waals surface area contributed by atoms with Crippen molar-refractivity contribution >= 4 is 11.6 Å². The van der Waals surface area contributed by atoms with Crippen molar-refractivity contribution in [2.24, 2.45) is 0 Å². The van der Waals surface area contributed by atoms with Gasteiger partial charge in [-0.3, -0.25) is 0 Å². The summed E-state index contributed by atoms with van der Waals surface area (Å²) in [6.07, 6.45) is 2.02. The van der Waals surface area contributed by atoms with Gasteiger partial charge in [-0.05, 0) is 23.6 Å². The van der Waals surface area contributed by atoms with Crippen LogP contribution in [0.15, 0.2) is 18.2 Å². The van der Waals surface area contributed by atoms with E-state index in [1.165, 1.54) is 11.1 Å². The highest BCUT2D eigenvalue weighted by molar-refractivity contribution is 6.17. The minimum Gasteiger partial charge on any atom is -0.493 e. The van der Waals surface area contributed by atoms with Crippen LogP contribution in [0.5, 0.6) is 5.75 Å². The van der Waals surface area contributed by atoms with E-state index in [0.717, 1.165) is 38.4 Å². The maximum Gasteiger partial charge on any atom is 0.122 e. The van der Waals surface area contributed by atoms with Gasteiger partial charge < -0.3 is 9.47 Å². The molecule has 16 heavy (non-hydrogen) atoms. The topological polar surface area (TPSA) is 18.5 Å². The molecule has 1 aromatic carbocycles. The molecule has 0 atom stereocenters. The lowest BCUT2D eigenvalue weighted by molar-refractivity contribution is -0.0616. The average molecular weight is 239 g/mol. The molecule has 0 bridgehead atoms. The van der Waals surface area contributed by atoms with Crippen LogP contribution in [0, 0.1) is 0 Å². The van der Waals surface area contributed by atoms with E-state index in [1.807, 2.05) is 0 Å². The zero-order chi connectivity index (χ0) is 11.0. The molecule has 0 saturated carbocycles. The van der Waals surface area contributed by atoms with Crippen molar-refractivity contribution < 1.29 is 9.47 Å². The van der Waals surface area contributed by atoms with Crippen LogP contribution >= 0.6 is 11.6 Å². The zero-order valence-corrected chi connectivity index (χ0v) is 9.93. The summed E-state index contributed by atoms with van der Waals surface area (Å²) in [5.74, 6) is 1.74. The molecule has 0 N–H and O–H groups in total. The Bertz CT molecular complexity index is 399. The maximum absolute atomic E-state index is 5.89. The largest absolute Gasteiger partial charge is 0.493 e. The van der Waals surface area contributed by atoms with E-state index in [0.29, 0.717) is 5.88 Å². The molecule has 0 radical (unpaired) electrons. The normalized spacial score (nSPS) is 21.1. The Hall–Kier alpha value is -0.730. The van der Waals surface area contributed by atoms with Crippen LogP contribution in [-0.4, -0.2) is 25.7 Å². The summed E-state index contributed by atoms with van der Waals surface area (Å²) in [6.45, 7) is 2.43. The van der Waals surface area contributed by atoms with Gasteiger partial charge in [-0.15, -0.1) is 11.6 Å². The van der Waals surface area contributed by atoms with Crippen molar-refractivity contribution in [2.45, 2.75) is 18.3 Å². The minimum atomic E-state index is 0.166. The van der Waals surface area contributed by atoms with Gasteiger partial charge in [0.1, 0.15) is 5.75 Å². The smallest absolute Gasteiger partial charge is 0.122 e. The highest BCUT2D eigenvalue weighted by atomic mass is 35.5. The van der Waals surface area contributed by atoms with Gasteiger partial charge in [0.25, 0.3) is 0 Å². The molecule has 2 aliphatic heterocycles. The lowest BCUT2D eigenvalue weighted by Crippen LogP contribution is -2.47. The number of alkyl halides is 1. The maximum atomic E-state index is 5.89. The number of halogens is 1. The van der Waals surface area contributed by atoms with Crippen molar-refractivity contribution in [1.82, 2.24) is 0 Å². The third-order valence-corrected chi connectivity index (χ3v) is 3.82. The van der Waals surface area contributed by atoms with E-state index >= 15 is 0 Å². The fraction of sp³-hybridized carbons (Fsp3) is 0.538. The first-order chi connectivity index (χ1) is 7.84. The van der Waals surface area contributed by atoms with E-state index in [1.54, 1.807) is 0 Å². The molecule has 2 nitrogen and oxygen atoms in total. The van der Waals surface area contributed by atoms with Gasteiger partial charge in [-0.2, -0.15) is 0 Å². The third-order valence-electron chi connectivity index (χ3n) is 3.63. The molecule has 1 saturated heterocycles. The van der Waals surface area contributed by atoms with E-state index < -0.39 is 0 Å². The number of rotatable bonds is 3. The van der Waals surface area contributed by atoms with Crippen LogP contribution in [0.25, 0.3) is 0 Å². The second-order valence-electron chi connectivity index (χ2n) is 4.63. The van der Waals surface area contributed by atoms with E-state index in [9.17, 15) is 0 Å². The quantitative estimate of drug-likeness (QED) is 0.754. The second-order valence-corrected chi connectivity index (χ2v) is 5.01. The lowest BCUT2D eigenvalue weighted by atomic mass is 9.76. The number of benzene rings is 1. The van der Waals surface area contributed by atoms with Crippen molar-refractivity contribution in [3.63, 3.8) is 0 Å². The first-order valence-electron chi connectivity index (χ1n) is 5.74. The van der Waals surface area contributed by atoms with Crippen LogP contribution in [0.2, 0.25) is 0 Å². The number of ether oxygens (including phenoxy) is 2. The van der Waals surface area contributed by atoms with Gasteiger partial charge in [0, 0.05) is 17.7 Å². The van der Waals surface area contributed by atoms with Crippen molar-refractivity contribution in [1.29, 1.82) is 0 Å². The van der Waals surface area contributed by atoms with E-state index in [4.69, 9.17) is 21.1 Å². The SMILES string of the molecule is ClCCC1(c2ccc3c(c2)CCO3)COC1. The molecule has 0 spiro atoms. The summed E-state index contributed by atoms with van der Waals surface area (Å²) in [6, 6.07) is 6.53. The Morgan fingerprint density at radius 2 is 2.19 bits per heavy atom. The molecule has 3 rings (SSSR count). The fourth-order valence-electron chi connectivity index (χ4n) is 2.50. The first kappa shape index (κ1) is 10.4. The van der Waals surface area contributed by atoms with Gasteiger partial charge in [-0.25, -0.2) is 0 Å². The number of hydrogen-bond acceptors (Lipinski definition) is 2. The van der Waals surface area contributed by atoms with E-state index in [2.05, 4.69) is 18.2 Å². The van der Waals surface area contributed by atoms with Crippen LogP contribution in [0.3, 0.4) is 0 Å². The summed E-state index contributed by atoms with van der Waals surface area (Å²) in [7, 11) is 0. The Morgan fingerprint density at radius 3 is 2.88 bits per heavy atom. The monoisotopic (exact) mass is 238 g/mol. The Kier molecular flexibility index (Phi) is 2.56. The molecule has 2 aliphatic rings. The van der Waals surface area contributed by atoms with Crippen molar-refractivity contribution in [2.75, 3.05) is 25.7 Å².